The van der Waals surface area contributed by atoms with Gasteiger partial charge in [-0.1, -0.05) is 0 Å². The Labute approximate surface area is 134 Å². The quantitative estimate of drug-likeness (QED) is 0.784. The number of aliphatic imine (C=N–C) groups is 1. The van der Waals surface area contributed by atoms with Crippen LogP contribution in [0, 0.1) is 6.92 Å². The molecule has 0 saturated heterocycles. The lowest BCUT2D eigenvalue weighted by molar-refractivity contribution is 0.217. The Morgan fingerprint density at radius 1 is 1.22 bits per heavy atom. The molecule has 1 atom stereocenters. The van der Waals surface area contributed by atoms with Crippen molar-refractivity contribution in [3.8, 4) is 5.75 Å². The highest BCUT2D eigenvalue weighted by molar-refractivity contribution is 5.95. The number of aryl methyl sites for hydroxylation is 1. The number of rotatable bonds is 2. The van der Waals surface area contributed by atoms with Crippen molar-refractivity contribution in [2.45, 2.75) is 27.0 Å². The van der Waals surface area contributed by atoms with Crippen LogP contribution in [0.2, 0.25) is 0 Å². The minimum Gasteiger partial charge on any atom is -0.497 e. The number of aromatic nitrogens is 2. The van der Waals surface area contributed by atoms with Crippen molar-refractivity contribution in [1.82, 2.24) is 15.3 Å². The zero-order valence-corrected chi connectivity index (χ0v) is 13.5. The highest BCUT2D eigenvalue weighted by atomic mass is 16.5. The van der Waals surface area contributed by atoms with Crippen LogP contribution in [0.1, 0.15) is 19.5 Å². The molecule has 0 amide bonds. The maximum atomic E-state index is 9.91. The molecule has 1 aliphatic rings. The summed E-state index contributed by atoms with van der Waals surface area (Å²) in [6.45, 7) is 5.63. The number of hydrogen-bond donors (Lipinski definition) is 3. The van der Waals surface area contributed by atoms with Crippen molar-refractivity contribution in [2.24, 2.45) is 4.99 Å². The highest BCUT2D eigenvalue weighted by Gasteiger charge is 2.17. The Kier molecular flexibility index (Phi) is 3.87. The fourth-order valence-electron chi connectivity index (χ4n) is 2.34. The largest absolute Gasteiger partial charge is 0.497 e. The van der Waals surface area contributed by atoms with E-state index in [0.29, 0.717) is 11.9 Å². The number of allylic oxidation sites excluding steroid dienone is 1. The molecule has 3 N–H and O–H groups in total. The second-order valence-electron chi connectivity index (χ2n) is 5.43. The summed E-state index contributed by atoms with van der Waals surface area (Å²) in [5.41, 5.74) is 3.27. The maximum absolute atomic E-state index is 9.91. The topological polar surface area (TPSA) is 91.7 Å². The van der Waals surface area contributed by atoms with Gasteiger partial charge in [0, 0.05) is 17.1 Å². The van der Waals surface area contributed by atoms with Gasteiger partial charge in [0.1, 0.15) is 5.75 Å². The van der Waals surface area contributed by atoms with Crippen LogP contribution in [0.4, 0.5) is 5.95 Å². The summed E-state index contributed by atoms with van der Waals surface area (Å²) >= 11 is 0. The SMILES string of the molecule is COc1ccc2c(C)nc(NC3=NC(O)C(C)=C(C)N3)nc2c1. The molecule has 1 aromatic heterocycles. The Hall–Kier alpha value is -2.67. The van der Waals surface area contributed by atoms with E-state index in [9.17, 15) is 5.11 Å². The van der Waals surface area contributed by atoms with E-state index in [1.165, 1.54) is 0 Å². The highest BCUT2D eigenvalue weighted by Crippen LogP contribution is 2.22. The van der Waals surface area contributed by atoms with E-state index >= 15 is 0 Å². The predicted octanol–water partition coefficient (Wildman–Crippen LogP) is 1.93. The Morgan fingerprint density at radius 2 is 2.00 bits per heavy atom. The van der Waals surface area contributed by atoms with Gasteiger partial charge in [-0.25, -0.2) is 15.0 Å². The monoisotopic (exact) mass is 313 g/mol. The fraction of sp³-hybridized carbons (Fsp3) is 0.312. The molecule has 3 rings (SSSR count). The van der Waals surface area contributed by atoms with Crippen LogP contribution in [0.15, 0.2) is 34.5 Å². The van der Waals surface area contributed by atoms with Gasteiger partial charge >= 0.3 is 0 Å². The first kappa shape index (κ1) is 15.2. The smallest absolute Gasteiger partial charge is 0.230 e. The van der Waals surface area contributed by atoms with Gasteiger partial charge in [0.2, 0.25) is 11.9 Å². The zero-order chi connectivity index (χ0) is 16.6. The number of guanidine groups is 1. The molecule has 1 aliphatic heterocycles. The summed E-state index contributed by atoms with van der Waals surface area (Å²) in [5, 5.41) is 17.0. The molecule has 2 heterocycles. The number of nitrogens with one attached hydrogen (secondary N) is 2. The van der Waals surface area contributed by atoms with Crippen LogP contribution in [-0.2, 0) is 0 Å². The van der Waals surface area contributed by atoms with Crippen LogP contribution in [0.5, 0.6) is 5.75 Å². The van der Waals surface area contributed by atoms with Crippen molar-refractivity contribution in [1.29, 1.82) is 0 Å². The molecule has 0 bridgehead atoms. The minimum atomic E-state index is -0.861. The molecule has 0 radical (unpaired) electrons. The van der Waals surface area contributed by atoms with Gasteiger partial charge in [0.15, 0.2) is 6.23 Å². The molecule has 120 valence electrons. The number of fused-ring (bicyclic) bond motifs is 1. The summed E-state index contributed by atoms with van der Waals surface area (Å²) in [4.78, 5) is 13.1. The second-order valence-corrected chi connectivity index (χ2v) is 5.43. The van der Waals surface area contributed by atoms with Crippen molar-refractivity contribution >= 4 is 22.8 Å². The van der Waals surface area contributed by atoms with E-state index in [0.717, 1.165) is 33.6 Å². The van der Waals surface area contributed by atoms with Crippen LogP contribution >= 0.6 is 0 Å². The van der Waals surface area contributed by atoms with Gasteiger partial charge < -0.3 is 15.2 Å². The van der Waals surface area contributed by atoms with Crippen LogP contribution in [0.3, 0.4) is 0 Å². The molecule has 0 aliphatic carbocycles. The predicted molar refractivity (Wildman–Crippen MR) is 89.4 cm³/mol. The Balaban J connectivity index is 1.93. The fourth-order valence-corrected chi connectivity index (χ4v) is 2.34. The van der Waals surface area contributed by atoms with E-state index in [1.54, 1.807) is 7.11 Å². The Bertz CT molecular complexity index is 829. The lowest BCUT2D eigenvalue weighted by atomic mass is 10.2. The van der Waals surface area contributed by atoms with Crippen molar-refractivity contribution < 1.29 is 9.84 Å². The molecular weight excluding hydrogens is 294 g/mol. The summed E-state index contributed by atoms with van der Waals surface area (Å²) in [6, 6.07) is 5.67. The van der Waals surface area contributed by atoms with E-state index < -0.39 is 6.23 Å². The van der Waals surface area contributed by atoms with Crippen molar-refractivity contribution in [3.05, 3.63) is 35.2 Å². The third-order valence-corrected chi connectivity index (χ3v) is 3.86. The van der Waals surface area contributed by atoms with Gasteiger partial charge in [0.25, 0.3) is 0 Å². The number of aliphatic hydroxyl groups excluding tert-OH is 1. The average Bonchev–Trinajstić information content (AvgIpc) is 2.52. The van der Waals surface area contributed by atoms with E-state index in [4.69, 9.17) is 4.74 Å². The molecular formula is C16H19N5O2. The maximum Gasteiger partial charge on any atom is 0.230 e. The first-order chi connectivity index (χ1) is 11.0. The lowest BCUT2D eigenvalue weighted by Crippen LogP contribution is -2.36. The van der Waals surface area contributed by atoms with Crippen LogP contribution < -0.4 is 15.4 Å². The van der Waals surface area contributed by atoms with E-state index in [-0.39, 0.29) is 0 Å². The van der Waals surface area contributed by atoms with Crippen LogP contribution in [-0.4, -0.2) is 34.4 Å². The summed E-state index contributed by atoms with van der Waals surface area (Å²) < 4.78 is 5.24. The molecule has 0 saturated carbocycles. The van der Waals surface area contributed by atoms with Gasteiger partial charge in [-0.15, -0.1) is 0 Å². The average molecular weight is 313 g/mol. The number of hydrogen-bond acceptors (Lipinski definition) is 7. The van der Waals surface area contributed by atoms with Crippen molar-refractivity contribution in [3.63, 3.8) is 0 Å². The number of benzene rings is 1. The molecule has 23 heavy (non-hydrogen) atoms. The summed E-state index contributed by atoms with van der Waals surface area (Å²) in [5.74, 6) is 1.57. The molecule has 7 nitrogen and oxygen atoms in total. The number of anilines is 1. The molecule has 2 aromatic rings. The van der Waals surface area contributed by atoms with Crippen LogP contribution in [0.25, 0.3) is 10.9 Å². The van der Waals surface area contributed by atoms with E-state index in [2.05, 4.69) is 25.6 Å². The minimum absolute atomic E-state index is 0.411. The van der Waals surface area contributed by atoms with Crippen molar-refractivity contribution in [2.75, 3.05) is 12.4 Å². The second kappa shape index (κ2) is 5.85. The number of aliphatic hydroxyl groups is 1. The third kappa shape index (κ3) is 2.95. The lowest BCUT2D eigenvalue weighted by Gasteiger charge is -2.21. The molecule has 0 fully saturated rings. The number of methoxy groups -OCH3 is 1. The summed E-state index contributed by atoms with van der Waals surface area (Å²) in [6.07, 6.45) is -0.861. The summed E-state index contributed by atoms with van der Waals surface area (Å²) in [7, 11) is 1.62. The first-order valence-electron chi connectivity index (χ1n) is 7.27. The molecule has 1 unspecified atom stereocenters. The van der Waals surface area contributed by atoms with Gasteiger partial charge in [-0.05, 0) is 38.5 Å². The van der Waals surface area contributed by atoms with Gasteiger partial charge in [0.05, 0.1) is 18.3 Å². The normalized spacial score (nSPS) is 17.8. The number of nitrogens with zero attached hydrogens (tertiary/aromatic N) is 3. The van der Waals surface area contributed by atoms with E-state index in [1.807, 2.05) is 39.0 Å². The number of ether oxygens (including phenoxy) is 1. The third-order valence-electron chi connectivity index (χ3n) is 3.86. The Morgan fingerprint density at radius 3 is 2.70 bits per heavy atom. The van der Waals surface area contributed by atoms with Gasteiger partial charge in [-0.3, -0.25) is 5.32 Å². The van der Waals surface area contributed by atoms with Gasteiger partial charge in [-0.2, -0.15) is 0 Å². The molecule has 1 aromatic carbocycles. The molecule has 0 spiro atoms. The molecule has 7 heteroatoms. The standard InChI is InChI=1S/C16H19N5O2/c1-8-9(2)17-16(20-14(8)22)21-15-18-10(3)12-6-5-11(23-4)7-13(12)19-15/h5-7,14,22H,1-4H3,(H2,17,18,19,20,21). The first-order valence-corrected chi connectivity index (χ1v) is 7.27. The zero-order valence-electron chi connectivity index (χ0n) is 13.5.